The largest absolute Gasteiger partial charge is 0.488 e. The number of non-ortho nitro benzene ring substituents is 1. The van der Waals surface area contributed by atoms with Crippen molar-refractivity contribution in [3.8, 4) is 5.75 Å². The average molecular weight is 414 g/mol. The summed E-state index contributed by atoms with van der Waals surface area (Å²) < 4.78 is 10.8. The van der Waals surface area contributed by atoms with Gasteiger partial charge in [0.05, 0.1) is 23.0 Å². The molecule has 0 spiro atoms. The van der Waals surface area contributed by atoms with E-state index in [1.165, 1.54) is 19.2 Å². The van der Waals surface area contributed by atoms with Gasteiger partial charge in [-0.3, -0.25) is 24.6 Å². The number of nitrogens with zero attached hydrogens (tertiary/aromatic N) is 2. The summed E-state index contributed by atoms with van der Waals surface area (Å²) in [5, 5.41) is 10.4. The van der Waals surface area contributed by atoms with Crippen molar-refractivity contribution in [3.05, 3.63) is 74.7 Å². The topological polar surface area (TPSA) is 99.0 Å². The van der Waals surface area contributed by atoms with Gasteiger partial charge in [-0.1, -0.05) is 18.2 Å². The molecule has 9 heteroatoms. The number of hydrogen-bond donors (Lipinski definition) is 0. The van der Waals surface area contributed by atoms with Crippen LogP contribution in [-0.2, 0) is 16.1 Å². The molecule has 1 aliphatic rings. The van der Waals surface area contributed by atoms with Crippen LogP contribution in [0.3, 0.4) is 0 Å². The van der Waals surface area contributed by atoms with Crippen molar-refractivity contribution in [3.63, 3.8) is 0 Å². The molecule has 2 aromatic carbocycles. The first-order valence-corrected chi connectivity index (χ1v) is 9.50. The van der Waals surface area contributed by atoms with E-state index in [4.69, 9.17) is 9.47 Å². The smallest absolute Gasteiger partial charge is 0.293 e. The van der Waals surface area contributed by atoms with Gasteiger partial charge in [0.15, 0.2) is 0 Å². The number of carbonyl (C=O) groups excluding carboxylic acids is 2. The third-order valence-electron chi connectivity index (χ3n) is 4.14. The number of nitro benzene ring substituents is 1. The molecular weight excluding hydrogens is 396 g/mol. The van der Waals surface area contributed by atoms with E-state index in [1.807, 2.05) is 0 Å². The Hall–Kier alpha value is -3.17. The minimum Gasteiger partial charge on any atom is -0.488 e. The molecule has 3 rings (SSSR count). The van der Waals surface area contributed by atoms with Gasteiger partial charge in [-0.25, -0.2) is 0 Å². The summed E-state index contributed by atoms with van der Waals surface area (Å²) in [5.74, 6) is 0.178. The number of rotatable bonds is 8. The zero-order valence-corrected chi connectivity index (χ0v) is 16.4. The number of carbonyl (C=O) groups is 2. The second-order valence-corrected chi connectivity index (χ2v) is 7.07. The predicted octanol–water partition coefficient (Wildman–Crippen LogP) is 3.86. The van der Waals surface area contributed by atoms with Gasteiger partial charge < -0.3 is 9.47 Å². The third-order valence-corrected chi connectivity index (χ3v) is 5.05. The molecule has 0 aromatic heterocycles. The van der Waals surface area contributed by atoms with Gasteiger partial charge in [0, 0.05) is 24.8 Å². The van der Waals surface area contributed by atoms with Crippen molar-refractivity contribution < 1.29 is 24.0 Å². The molecule has 8 nitrogen and oxygen atoms in total. The lowest BCUT2D eigenvalue weighted by Crippen LogP contribution is -2.31. The predicted molar refractivity (Wildman–Crippen MR) is 108 cm³/mol. The molecule has 1 aliphatic heterocycles. The van der Waals surface area contributed by atoms with Crippen LogP contribution in [0, 0.1) is 10.1 Å². The van der Waals surface area contributed by atoms with Crippen LogP contribution < -0.4 is 4.74 Å². The summed E-state index contributed by atoms with van der Waals surface area (Å²) in [6, 6.07) is 13.2. The maximum absolute atomic E-state index is 12.5. The number of para-hydroxylation sites is 1. The maximum Gasteiger partial charge on any atom is 0.293 e. The highest BCUT2D eigenvalue weighted by molar-refractivity contribution is 8.18. The summed E-state index contributed by atoms with van der Waals surface area (Å²) in [5.41, 5.74) is 1.44. The Bertz CT molecular complexity index is 958. The van der Waals surface area contributed by atoms with Crippen LogP contribution >= 0.6 is 11.8 Å². The summed E-state index contributed by atoms with van der Waals surface area (Å²) in [7, 11) is 1.51. The zero-order valence-electron chi connectivity index (χ0n) is 15.6. The van der Waals surface area contributed by atoms with Crippen molar-refractivity contribution in [1.82, 2.24) is 4.90 Å². The van der Waals surface area contributed by atoms with Crippen LogP contribution in [0.5, 0.6) is 5.75 Å². The normalized spacial score (nSPS) is 15.2. The molecule has 0 atom stereocenters. The van der Waals surface area contributed by atoms with Crippen molar-refractivity contribution in [1.29, 1.82) is 0 Å². The Labute approximate surface area is 171 Å². The molecule has 1 saturated heterocycles. The van der Waals surface area contributed by atoms with Gasteiger partial charge in [-0.2, -0.15) is 0 Å². The molecule has 0 aliphatic carbocycles. The third kappa shape index (κ3) is 5.01. The van der Waals surface area contributed by atoms with E-state index >= 15 is 0 Å². The molecule has 0 N–H and O–H groups in total. The summed E-state index contributed by atoms with van der Waals surface area (Å²) in [6.45, 7) is 0.690. The highest BCUT2D eigenvalue weighted by atomic mass is 32.2. The highest BCUT2D eigenvalue weighted by Gasteiger charge is 2.34. The lowest BCUT2D eigenvalue weighted by atomic mass is 10.1. The number of ether oxygens (including phenoxy) is 2. The van der Waals surface area contributed by atoms with Crippen LogP contribution in [0.15, 0.2) is 53.4 Å². The molecule has 2 aromatic rings. The number of hydrogen-bond acceptors (Lipinski definition) is 7. The van der Waals surface area contributed by atoms with Gasteiger partial charge in [0.1, 0.15) is 12.4 Å². The Morgan fingerprint density at radius 1 is 1.14 bits per heavy atom. The van der Waals surface area contributed by atoms with Crippen molar-refractivity contribution in [2.45, 2.75) is 6.61 Å². The van der Waals surface area contributed by atoms with E-state index in [1.54, 1.807) is 42.5 Å². The molecule has 0 radical (unpaired) electrons. The van der Waals surface area contributed by atoms with E-state index in [2.05, 4.69) is 0 Å². The molecule has 1 fully saturated rings. The quantitative estimate of drug-likeness (QED) is 0.367. The minimum atomic E-state index is -0.459. The van der Waals surface area contributed by atoms with Gasteiger partial charge in [0.2, 0.25) is 0 Å². The van der Waals surface area contributed by atoms with Crippen LogP contribution in [-0.4, -0.2) is 41.2 Å². The van der Waals surface area contributed by atoms with Crippen molar-refractivity contribution >= 4 is 34.7 Å². The van der Waals surface area contributed by atoms with Crippen LogP contribution in [0.2, 0.25) is 0 Å². The van der Waals surface area contributed by atoms with Gasteiger partial charge >= 0.3 is 0 Å². The van der Waals surface area contributed by atoms with Gasteiger partial charge in [-0.15, -0.1) is 0 Å². The first-order chi connectivity index (χ1) is 14.0. The van der Waals surface area contributed by atoms with E-state index < -0.39 is 4.92 Å². The van der Waals surface area contributed by atoms with Crippen LogP contribution in [0.4, 0.5) is 10.5 Å². The Morgan fingerprint density at radius 3 is 2.55 bits per heavy atom. The lowest BCUT2D eigenvalue weighted by molar-refractivity contribution is -0.384. The standard InChI is InChI=1S/C20H18N2O6S/c1-27-11-10-21-19(23)18(29-20(21)24)12-15-4-2-3-5-17(15)28-13-14-6-8-16(9-7-14)22(25)26/h2-9,12H,10-11,13H2,1H3/b18-12+. The second-order valence-electron chi connectivity index (χ2n) is 6.08. The van der Waals surface area contributed by atoms with Crippen molar-refractivity contribution in [2.24, 2.45) is 0 Å². The molecule has 0 bridgehead atoms. The monoisotopic (exact) mass is 414 g/mol. The SMILES string of the molecule is COCCN1C(=O)S/C(=C/c2ccccc2OCc2ccc([N+](=O)[O-])cc2)C1=O. The Kier molecular flexibility index (Phi) is 6.63. The van der Waals surface area contributed by atoms with E-state index in [0.717, 1.165) is 22.2 Å². The lowest BCUT2D eigenvalue weighted by Gasteiger charge is -2.11. The Morgan fingerprint density at radius 2 is 1.86 bits per heavy atom. The first-order valence-electron chi connectivity index (χ1n) is 8.69. The number of benzene rings is 2. The molecule has 2 amide bonds. The van der Waals surface area contributed by atoms with Gasteiger partial charge in [-0.05, 0) is 41.6 Å². The van der Waals surface area contributed by atoms with Crippen LogP contribution in [0.25, 0.3) is 6.08 Å². The molecule has 0 unspecified atom stereocenters. The molecule has 150 valence electrons. The number of imide groups is 1. The minimum absolute atomic E-state index is 0.0124. The van der Waals surface area contributed by atoms with Crippen molar-refractivity contribution in [2.75, 3.05) is 20.3 Å². The van der Waals surface area contributed by atoms with E-state index in [9.17, 15) is 19.7 Å². The molecule has 29 heavy (non-hydrogen) atoms. The number of nitro groups is 1. The maximum atomic E-state index is 12.5. The Balaban J connectivity index is 1.73. The fraction of sp³-hybridized carbons (Fsp3) is 0.200. The average Bonchev–Trinajstić information content (AvgIpc) is 2.98. The molecular formula is C20H18N2O6S. The van der Waals surface area contributed by atoms with E-state index in [-0.39, 0.29) is 36.6 Å². The fourth-order valence-corrected chi connectivity index (χ4v) is 3.48. The highest BCUT2D eigenvalue weighted by Crippen LogP contribution is 2.34. The second kappa shape index (κ2) is 9.35. The summed E-state index contributed by atoms with van der Waals surface area (Å²) in [6.07, 6.45) is 1.63. The van der Waals surface area contributed by atoms with Crippen LogP contribution in [0.1, 0.15) is 11.1 Å². The molecule has 1 heterocycles. The molecule has 0 saturated carbocycles. The summed E-state index contributed by atoms with van der Waals surface area (Å²) in [4.78, 5) is 36.3. The number of amides is 2. The number of methoxy groups -OCH3 is 1. The summed E-state index contributed by atoms with van der Waals surface area (Å²) >= 11 is 0.878. The number of thioether (sulfide) groups is 1. The fourth-order valence-electron chi connectivity index (χ4n) is 2.62. The van der Waals surface area contributed by atoms with E-state index in [0.29, 0.717) is 16.2 Å². The van der Waals surface area contributed by atoms with Gasteiger partial charge in [0.25, 0.3) is 16.8 Å². The zero-order chi connectivity index (χ0) is 20.8. The first kappa shape index (κ1) is 20.6.